The van der Waals surface area contributed by atoms with Gasteiger partial charge in [0.25, 0.3) is 0 Å². The fraction of sp³-hybridized carbons (Fsp3) is 0.462. The smallest absolute Gasteiger partial charge is 0.469 e. The van der Waals surface area contributed by atoms with Gasteiger partial charge in [-0.05, 0) is 79.1 Å². The molecule has 35 heavy (non-hydrogen) atoms. The molecule has 0 aliphatic heterocycles. The van der Waals surface area contributed by atoms with Crippen LogP contribution in [0.1, 0.15) is 56.7 Å². The Kier molecular flexibility index (Phi) is 6.71. The molecule has 6 nitrogen and oxygen atoms in total. The van der Waals surface area contributed by atoms with Crippen LogP contribution in [0.25, 0.3) is 11.0 Å². The number of esters is 1. The molecular weight excluding hydrogens is 459 g/mol. The molecule has 1 N–H and O–H groups in total. The number of rotatable bonds is 6. The molecule has 0 radical (unpaired) electrons. The summed E-state index contributed by atoms with van der Waals surface area (Å²) in [5, 5.41) is 3.29. The molecule has 4 rings (SSSR count). The fourth-order valence-electron chi connectivity index (χ4n) is 4.91. The lowest BCUT2D eigenvalue weighted by Crippen LogP contribution is -2.25. The average Bonchev–Trinajstić information content (AvgIpc) is 3.10. The van der Waals surface area contributed by atoms with E-state index in [-0.39, 0.29) is 29.6 Å². The van der Waals surface area contributed by atoms with Gasteiger partial charge in [-0.1, -0.05) is 20.3 Å². The van der Waals surface area contributed by atoms with Crippen molar-refractivity contribution in [3.63, 3.8) is 0 Å². The topological polar surface area (TPSA) is 65.4 Å². The number of aromatic nitrogens is 2. The maximum absolute atomic E-state index is 12.5. The van der Waals surface area contributed by atoms with Crippen LogP contribution in [-0.2, 0) is 16.0 Å². The first-order chi connectivity index (χ1) is 16.4. The minimum atomic E-state index is -4.74. The number of benzene rings is 2. The highest BCUT2D eigenvalue weighted by atomic mass is 19.4. The molecule has 0 bridgehead atoms. The molecule has 1 fully saturated rings. The summed E-state index contributed by atoms with van der Waals surface area (Å²) >= 11 is 0. The summed E-state index contributed by atoms with van der Waals surface area (Å²) in [5.74, 6) is 0.0101. The molecular formula is C26H30F3N3O3. The number of fused-ring (bicyclic) bond motifs is 1. The van der Waals surface area contributed by atoms with E-state index in [0.717, 1.165) is 47.8 Å². The Morgan fingerprint density at radius 2 is 1.94 bits per heavy atom. The normalized spacial score (nSPS) is 17.9. The molecule has 1 aliphatic rings. The number of ether oxygens (including phenoxy) is 2. The van der Waals surface area contributed by atoms with Crippen LogP contribution in [0.5, 0.6) is 5.75 Å². The lowest BCUT2D eigenvalue weighted by molar-refractivity contribution is -0.274. The molecule has 1 atom stereocenters. The first-order valence-corrected chi connectivity index (χ1v) is 11.7. The lowest BCUT2D eigenvalue weighted by atomic mass is 9.75. The van der Waals surface area contributed by atoms with Crippen molar-refractivity contribution in [2.75, 3.05) is 12.4 Å². The minimum absolute atomic E-state index is 0.158. The average molecular weight is 490 g/mol. The third-order valence-corrected chi connectivity index (χ3v) is 6.60. The van der Waals surface area contributed by atoms with Gasteiger partial charge in [-0.2, -0.15) is 0 Å². The second kappa shape index (κ2) is 9.43. The predicted molar refractivity (Wildman–Crippen MR) is 128 cm³/mol. The van der Waals surface area contributed by atoms with E-state index in [9.17, 15) is 18.0 Å². The van der Waals surface area contributed by atoms with Gasteiger partial charge < -0.3 is 19.4 Å². The molecule has 0 spiro atoms. The zero-order chi connectivity index (χ0) is 25.4. The summed E-state index contributed by atoms with van der Waals surface area (Å²) in [6, 6.07) is 9.78. The molecule has 0 saturated heterocycles. The number of hydrogen-bond acceptors (Lipinski definition) is 5. The third-order valence-electron chi connectivity index (χ3n) is 6.60. The fourth-order valence-corrected chi connectivity index (χ4v) is 4.91. The Morgan fingerprint density at radius 3 is 2.57 bits per heavy atom. The maximum atomic E-state index is 12.5. The van der Waals surface area contributed by atoms with Crippen LogP contribution in [0.2, 0.25) is 0 Å². The van der Waals surface area contributed by atoms with E-state index < -0.39 is 6.36 Å². The zero-order valence-electron chi connectivity index (χ0n) is 20.3. The summed E-state index contributed by atoms with van der Waals surface area (Å²) in [7, 11) is 1.36. The monoisotopic (exact) mass is 489 g/mol. The van der Waals surface area contributed by atoms with Crippen molar-refractivity contribution in [1.82, 2.24) is 9.55 Å². The largest absolute Gasteiger partial charge is 0.573 e. The number of nitrogens with zero attached hydrogens (tertiary/aromatic N) is 2. The summed E-state index contributed by atoms with van der Waals surface area (Å²) in [4.78, 5) is 16.7. The Bertz CT molecular complexity index is 1220. The molecule has 3 aromatic rings. The summed E-state index contributed by atoms with van der Waals surface area (Å²) in [5.41, 5.74) is 4.30. The summed E-state index contributed by atoms with van der Waals surface area (Å²) in [6.07, 6.45) is -0.345. The lowest BCUT2D eigenvalue weighted by Gasteiger charge is -2.36. The number of imidazole rings is 1. The van der Waals surface area contributed by atoms with Gasteiger partial charge in [-0.15, -0.1) is 13.2 Å². The Balaban J connectivity index is 1.73. The van der Waals surface area contributed by atoms with E-state index in [1.165, 1.54) is 31.4 Å². The SMILES string of the molecule is COC(=O)Cc1cc2nc(Nc3ccc(OC(F)(F)F)cc3)n(C3CCCC(C)(C)C3)c2cc1C. The van der Waals surface area contributed by atoms with E-state index in [4.69, 9.17) is 9.72 Å². The van der Waals surface area contributed by atoms with Crippen molar-refractivity contribution >= 4 is 28.6 Å². The van der Waals surface area contributed by atoms with Crippen molar-refractivity contribution in [1.29, 1.82) is 0 Å². The molecule has 1 heterocycles. The van der Waals surface area contributed by atoms with Gasteiger partial charge in [0.2, 0.25) is 5.95 Å². The van der Waals surface area contributed by atoms with Crippen LogP contribution in [0.3, 0.4) is 0 Å². The first kappa shape index (κ1) is 24.9. The van der Waals surface area contributed by atoms with Gasteiger partial charge in [-0.25, -0.2) is 4.98 Å². The van der Waals surface area contributed by atoms with Crippen LogP contribution >= 0.6 is 0 Å². The summed E-state index contributed by atoms with van der Waals surface area (Å²) < 4.78 is 48.6. The van der Waals surface area contributed by atoms with Gasteiger partial charge in [0.15, 0.2) is 0 Å². The van der Waals surface area contributed by atoms with E-state index in [2.05, 4.69) is 28.5 Å². The highest BCUT2D eigenvalue weighted by Gasteiger charge is 2.32. The molecule has 2 aromatic carbocycles. The molecule has 1 unspecified atom stereocenters. The van der Waals surface area contributed by atoms with Crippen molar-refractivity contribution in [3.05, 3.63) is 47.5 Å². The van der Waals surface area contributed by atoms with Crippen molar-refractivity contribution in [2.24, 2.45) is 5.41 Å². The predicted octanol–water partition coefficient (Wildman–Crippen LogP) is 6.84. The van der Waals surface area contributed by atoms with Crippen LogP contribution in [0, 0.1) is 12.3 Å². The minimum Gasteiger partial charge on any atom is -0.469 e. The molecule has 1 aliphatic carbocycles. The second-order valence-corrected chi connectivity index (χ2v) is 9.94. The number of aryl methyl sites for hydroxylation is 1. The van der Waals surface area contributed by atoms with Gasteiger partial charge in [0, 0.05) is 11.7 Å². The second-order valence-electron chi connectivity index (χ2n) is 9.94. The molecule has 188 valence electrons. The Morgan fingerprint density at radius 1 is 1.23 bits per heavy atom. The number of carbonyl (C=O) groups excluding carboxylic acids is 1. The molecule has 1 saturated carbocycles. The summed E-state index contributed by atoms with van der Waals surface area (Å²) in [6.45, 7) is 6.50. The van der Waals surface area contributed by atoms with E-state index >= 15 is 0 Å². The van der Waals surface area contributed by atoms with Gasteiger partial charge in [0.1, 0.15) is 5.75 Å². The van der Waals surface area contributed by atoms with E-state index in [1.807, 2.05) is 19.1 Å². The van der Waals surface area contributed by atoms with E-state index in [0.29, 0.717) is 11.6 Å². The number of anilines is 2. The van der Waals surface area contributed by atoms with Crippen LogP contribution in [0.15, 0.2) is 36.4 Å². The highest BCUT2D eigenvalue weighted by Crippen LogP contribution is 2.44. The molecule has 9 heteroatoms. The first-order valence-electron chi connectivity index (χ1n) is 11.7. The third kappa shape index (κ3) is 5.89. The van der Waals surface area contributed by atoms with Crippen LogP contribution in [0.4, 0.5) is 24.8 Å². The molecule has 0 amide bonds. The quantitative estimate of drug-likeness (QED) is 0.384. The van der Waals surface area contributed by atoms with Crippen LogP contribution < -0.4 is 10.1 Å². The standard InChI is InChI=1S/C26H30F3N3O3/c1-16-12-22-21(13-17(16)14-23(33)34-4)31-24(32(22)19-6-5-11-25(2,3)15-19)30-18-7-9-20(10-8-18)35-26(27,28)29/h7-10,12-13,19H,5-6,11,14-15H2,1-4H3,(H,30,31). The maximum Gasteiger partial charge on any atom is 0.573 e. The zero-order valence-corrected chi connectivity index (χ0v) is 20.3. The van der Waals surface area contributed by atoms with Crippen molar-refractivity contribution < 1.29 is 27.4 Å². The van der Waals surface area contributed by atoms with E-state index in [1.54, 1.807) is 0 Å². The van der Waals surface area contributed by atoms with Crippen LogP contribution in [-0.4, -0.2) is 29.0 Å². The Hall–Kier alpha value is -3.23. The number of hydrogen-bond donors (Lipinski definition) is 1. The van der Waals surface area contributed by atoms with Crippen molar-refractivity contribution in [3.8, 4) is 5.75 Å². The molecule has 1 aromatic heterocycles. The number of alkyl halides is 3. The highest BCUT2D eigenvalue weighted by molar-refractivity contribution is 5.83. The van der Waals surface area contributed by atoms with Gasteiger partial charge >= 0.3 is 12.3 Å². The Labute approximate surface area is 202 Å². The number of nitrogens with one attached hydrogen (secondary N) is 1. The number of carbonyl (C=O) groups is 1. The van der Waals surface area contributed by atoms with Gasteiger partial charge in [0.05, 0.1) is 24.6 Å². The number of halogens is 3. The van der Waals surface area contributed by atoms with Gasteiger partial charge in [-0.3, -0.25) is 4.79 Å². The van der Waals surface area contributed by atoms with Crippen molar-refractivity contribution in [2.45, 2.75) is 65.3 Å². The number of methoxy groups -OCH3 is 1.